The van der Waals surface area contributed by atoms with Gasteiger partial charge in [-0.25, -0.2) is 0 Å². The molecule has 1 saturated heterocycles. The van der Waals surface area contributed by atoms with Gasteiger partial charge < -0.3 is 9.64 Å². The van der Waals surface area contributed by atoms with E-state index in [-0.39, 0.29) is 5.97 Å². The molecule has 0 spiro atoms. The average Bonchev–Trinajstić information content (AvgIpc) is 2.72. The first-order valence-corrected chi connectivity index (χ1v) is 11.2. The Bertz CT molecular complexity index is 520. The zero-order valence-corrected chi connectivity index (χ0v) is 17.5. The van der Waals surface area contributed by atoms with Crippen LogP contribution in [0, 0.1) is 0 Å². The zero-order valence-electron chi connectivity index (χ0n) is 17.5. The summed E-state index contributed by atoms with van der Waals surface area (Å²) in [5.41, 5.74) is 0.679. The van der Waals surface area contributed by atoms with E-state index in [1.807, 2.05) is 18.2 Å². The fourth-order valence-electron chi connectivity index (χ4n) is 4.09. The first-order chi connectivity index (χ1) is 13.2. The first kappa shape index (κ1) is 21.9. The first-order valence-electron chi connectivity index (χ1n) is 11.2. The van der Waals surface area contributed by atoms with E-state index in [1.54, 1.807) is 0 Å². The molecule has 1 aromatic rings. The Kier molecular flexibility index (Phi) is 9.90. The van der Waals surface area contributed by atoms with Crippen molar-refractivity contribution in [3.8, 4) is 0 Å². The highest BCUT2D eigenvalue weighted by atomic mass is 16.5. The number of hydrogen-bond acceptors (Lipinski definition) is 3. The van der Waals surface area contributed by atoms with Crippen LogP contribution in [0.25, 0.3) is 0 Å². The van der Waals surface area contributed by atoms with Gasteiger partial charge in [0.1, 0.15) is 0 Å². The Morgan fingerprint density at radius 1 is 0.926 bits per heavy atom. The number of hydrogen-bond donors (Lipinski definition) is 0. The van der Waals surface area contributed by atoms with E-state index in [0.29, 0.717) is 6.61 Å². The molecule has 0 bridgehead atoms. The summed E-state index contributed by atoms with van der Waals surface area (Å²) < 4.78 is 5.69. The second-order valence-electron chi connectivity index (χ2n) is 8.05. The number of rotatable bonds is 12. The van der Waals surface area contributed by atoms with Gasteiger partial charge in [0, 0.05) is 0 Å². The zero-order chi connectivity index (χ0) is 19.4. The standard InChI is InChI=1S/C24H39NO2/c1-3-5-7-8-9-13-18-25-19-16-24(17-20-25,22-14-11-10-12-15-22)23(26)27-21-6-4-2/h10-12,14-15H,3-9,13,16-21H2,1-2H3. The maximum Gasteiger partial charge on any atom is 0.316 e. The highest BCUT2D eigenvalue weighted by Crippen LogP contribution is 2.37. The summed E-state index contributed by atoms with van der Waals surface area (Å²) in [6, 6.07) is 10.3. The molecule has 0 aliphatic carbocycles. The van der Waals surface area contributed by atoms with Crippen molar-refractivity contribution in [3.63, 3.8) is 0 Å². The van der Waals surface area contributed by atoms with Crippen molar-refractivity contribution in [1.82, 2.24) is 4.90 Å². The van der Waals surface area contributed by atoms with E-state index < -0.39 is 5.41 Å². The molecule has 1 heterocycles. The van der Waals surface area contributed by atoms with E-state index in [2.05, 4.69) is 30.9 Å². The quantitative estimate of drug-likeness (QED) is 0.346. The minimum absolute atomic E-state index is 0.0126. The summed E-state index contributed by atoms with van der Waals surface area (Å²) in [5, 5.41) is 0. The van der Waals surface area contributed by atoms with Gasteiger partial charge in [0.05, 0.1) is 12.0 Å². The Morgan fingerprint density at radius 3 is 2.22 bits per heavy atom. The maximum atomic E-state index is 13.0. The Morgan fingerprint density at radius 2 is 1.56 bits per heavy atom. The van der Waals surface area contributed by atoms with Crippen molar-refractivity contribution in [1.29, 1.82) is 0 Å². The van der Waals surface area contributed by atoms with Gasteiger partial charge in [-0.15, -0.1) is 0 Å². The number of carbonyl (C=O) groups is 1. The number of unbranched alkanes of at least 4 members (excludes halogenated alkanes) is 6. The second-order valence-corrected chi connectivity index (χ2v) is 8.05. The van der Waals surface area contributed by atoms with Crippen molar-refractivity contribution < 1.29 is 9.53 Å². The van der Waals surface area contributed by atoms with E-state index in [9.17, 15) is 4.79 Å². The molecule has 0 amide bonds. The van der Waals surface area contributed by atoms with Gasteiger partial charge in [-0.05, 0) is 50.9 Å². The van der Waals surface area contributed by atoms with Gasteiger partial charge in [-0.2, -0.15) is 0 Å². The molecule has 27 heavy (non-hydrogen) atoms. The van der Waals surface area contributed by atoms with Gasteiger partial charge in [0.15, 0.2) is 0 Å². The summed E-state index contributed by atoms with van der Waals surface area (Å²) in [6.07, 6.45) is 11.8. The largest absolute Gasteiger partial charge is 0.465 e. The van der Waals surface area contributed by atoms with E-state index >= 15 is 0 Å². The van der Waals surface area contributed by atoms with Gasteiger partial charge in [-0.3, -0.25) is 4.79 Å². The number of benzene rings is 1. The fourth-order valence-corrected chi connectivity index (χ4v) is 4.09. The van der Waals surface area contributed by atoms with Crippen molar-refractivity contribution in [3.05, 3.63) is 35.9 Å². The van der Waals surface area contributed by atoms with Crippen LogP contribution in [0.2, 0.25) is 0 Å². The van der Waals surface area contributed by atoms with Crippen LogP contribution in [-0.2, 0) is 14.9 Å². The number of nitrogens with zero attached hydrogens (tertiary/aromatic N) is 1. The van der Waals surface area contributed by atoms with E-state index in [4.69, 9.17) is 4.74 Å². The lowest BCUT2D eigenvalue weighted by Crippen LogP contribution is -2.48. The Labute approximate surface area is 166 Å². The van der Waals surface area contributed by atoms with Crippen LogP contribution in [0.3, 0.4) is 0 Å². The summed E-state index contributed by atoms with van der Waals surface area (Å²) >= 11 is 0. The summed E-state index contributed by atoms with van der Waals surface area (Å²) in [6.45, 7) is 8.09. The lowest BCUT2D eigenvalue weighted by atomic mass is 9.72. The molecule has 0 N–H and O–H groups in total. The SMILES string of the molecule is CCCCCCCCN1CCC(C(=O)OCCCC)(c2ccccc2)CC1. The molecule has 0 aromatic heterocycles. The normalized spacial score (nSPS) is 17.0. The van der Waals surface area contributed by atoms with Crippen LogP contribution in [0.15, 0.2) is 30.3 Å². The van der Waals surface area contributed by atoms with Crippen molar-refractivity contribution in [2.75, 3.05) is 26.2 Å². The molecule has 152 valence electrons. The Balaban J connectivity index is 1.89. The van der Waals surface area contributed by atoms with Crippen molar-refractivity contribution >= 4 is 5.97 Å². The van der Waals surface area contributed by atoms with Gasteiger partial charge in [0.2, 0.25) is 0 Å². The third kappa shape index (κ3) is 6.64. The molecule has 1 aliphatic heterocycles. The molecule has 2 rings (SSSR count). The molecule has 3 heteroatoms. The minimum atomic E-state index is -0.452. The molecule has 1 aromatic carbocycles. The molecular formula is C24H39NO2. The monoisotopic (exact) mass is 373 g/mol. The minimum Gasteiger partial charge on any atom is -0.465 e. The highest BCUT2D eigenvalue weighted by Gasteiger charge is 2.44. The molecule has 1 fully saturated rings. The smallest absolute Gasteiger partial charge is 0.316 e. The number of carbonyl (C=O) groups excluding carboxylic acids is 1. The third-order valence-electron chi connectivity index (χ3n) is 5.99. The highest BCUT2D eigenvalue weighted by molar-refractivity contribution is 5.83. The number of piperidine rings is 1. The molecule has 0 unspecified atom stereocenters. The lowest BCUT2D eigenvalue weighted by molar-refractivity contribution is -0.153. The van der Waals surface area contributed by atoms with Gasteiger partial charge >= 0.3 is 5.97 Å². The maximum absolute atomic E-state index is 13.0. The van der Waals surface area contributed by atoms with Gasteiger partial charge in [0.25, 0.3) is 0 Å². The fraction of sp³-hybridized carbons (Fsp3) is 0.708. The third-order valence-corrected chi connectivity index (χ3v) is 5.99. The van der Waals surface area contributed by atoms with Crippen LogP contribution in [0.4, 0.5) is 0 Å². The summed E-state index contributed by atoms with van der Waals surface area (Å²) in [5.74, 6) is -0.0126. The van der Waals surface area contributed by atoms with Crippen LogP contribution < -0.4 is 0 Å². The van der Waals surface area contributed by atoms with Crippen LogP contribution >= 0.6 is 0 Å². The summed E-state index contributed by atoms with van der Waals surface area (Å²) in [7, 11) is 0. The van der Waals surface area contributed by atoms with Crippen LogP contribution in [0.1, 0.15) is 83.6 Å². The molecule has 0 atom stereocenters. The Hall–Kier alpha value is -1.35. The average molecular weight is 374 g/mol. The van der Waals surface area contributed by atoms with Crippen LogP contribution in [0.5, 0.6) is 0 Å². The molecule has 1 aliphatic rings. The second kappa shape index (κ2) is 12.2. The number of esters is 1. The molecule has 3 nitrogen and oxygen atoms in total. The molecule has 0 saturated carbocycles. The number of ether oxygens (including phenoxy) is 1. The van der Waals surface area contributed by atoms with E-state index in [0.717, 1.165) is 44.3 Å². The number of likely N-dealkylation sites (tertiary alicyclic amines) is 1. The van der Waals surface area contributed by atoms with Gasteiger partial charge in [-0.1, -0.05) is 82.7 Å². The van der Waals surface area contributed by atoms with E-state index in [1.165, 1.54) is 45.1 Å². The predicted molar refractivity (Wildman–Crippen MR) is 113 cm³/mol. The van der Waals surface area contributed by atoms with Crippen LogP contribution in [-0.4, -0.2) is 37.1 Å². The topological polar surface area (TPSA) is 29.5 Å². The molecular weight excluding hydrogens is 334 g/mol. The van der Waals surface area contributed by atoms with Crippen molar-refractivity contribution in [2.24, 2.45) is 0 Å². The summed E-state index contributed by atoms with van der Waals surface area (Å²) in [4.78, 5) is 15.6. The predicted octanol–water partition coefficient (Wildman–Crippen LogP) is 5.72. The lowest BCUT2D eigenvalue weighted by Gasteiger charge is -2.40. The van der Waals surface area contributed by atoms with Crippen molar-refractivity contribution in [2.45, 2.75) is 83.5 Å². The molecule has 0 radical (unpaired) electrons.